The molecular weight excluding hydrogens is 362 g/mol. The van der Waals surface area contributed by atoms with Gasteiger partial charge in [0, 0.05) is 55.9 Å². The summed E-state index contributed by atoms with van der Waals surface area (Å²) >= 11 is 0. The molecule has 1 aliphatic rings. The Bertz CT molecular complexity index is 989. The highest BCUT2D eigenvalue weighted by molar-refractivity contribution is 5.99. The minimum Gasteiger partial charge on any atom is -0.354 e. The van der Waals surface area contributed by atoms with E-state index < -0.39 is 0 Å². The third-order valence-corrected chi connectivity index (χ3v) is 5.59. The standard InChI is InChI=1S/C23H29N5O/c1-16-12-17(2)19-14-21(26-20(19)13-16)23(29)25-18(3)15-27-8-10-28(11-9-27)22-6-4-5-7-24-22/h4-7,12-14,18,26H,8-11,15H2,1-3H3,(H,25,29). The Balaban J connectivity index is 1.31. The number of fused-ring (bicyclic) bond motifs is 1. The average molecular weight is 392 g/mol. The molecule has 0 bridgehead atoms. The van der Waals surface area contributed by atoms with Crippen molar-refractivity contribution in [3.63, 3.8) is 0 Å². The molecule has 1 fully saturated rings. The topological polar surface area (TPSA) is 64.3 Å². The molecule has 1 amide bonds. The first kappa shape index (κ1) is 19.5. The van der Waals surface area contributed by atoms with E-state index in [1.165, 1.54) is 11.1 Å². The second kappa shape index (κ2) is 8.25. The van der Waals surface area contributed by atoms with Crippen LogP contribution in [0.4, 0.5) is 5.82 Å². The highest BCUT2D eigenvalue weighted by Gasteiger charge is 2.20. The number of pyridine rings is 1. The number of carbonyl (C=O) groups is 1. The van der Waals surface area contributed by atoms with E-state index in [0.29, 0.717) is 5.69 Å². The molecule has 1 aliphatic heterocycles. The van der Waals surface area contributed by atoms with Crippen LogP contribution in [0.5, 0.6) is 0 Å². The minimum atomic E-state index is -0.0436. The first-order chi connectivity index (χ1) is 14.0. The fourth-order valence-corrected chi connectivity index (χ4v) is 4.16. The molecule has 6 heteroatoms. The number of anilines is 1. The van der Waals surface area contributed by atoms with Crippen LogP contribution in [-0.4, -0.2) is 59.5 Å². The Hall–Kier alpha value is -2.86. The average Bonchev–Trinajstić information content (AvgIpc) is 3.14. The number of amides is 1. The van der Waals surface area contributed by atoms with Gasteiger partial charge in [-0.05, 0) is 56.2 Å². The number of aryl methyl sites for hydroxylation is 2. The van der Waals surface area contributed by atoms with Gasteiger partial charge in [0.1, 0.15) is 11.5 Å². The summed E-state index contributed by atoms with van der Waals surface area (Å²) in [6, 6.07) is 12.3. The summed E-state index contributed by atoms with van der Waals surface area (Å²) in [7, 11) is 0. The van der Waals surface area contributed by atoms with Crippen LogP contribution in [0.2, 0.25) is 0 Å². The minimum absolute atomic E-state index is 0.0436. The number of aromatic nitrogens is 2. The Morgan fingerprint density at radius 1 is 1.17 bits per heavy atom. The normalized spacial score (nSPS) is 16.2. The number of hydrogen-bond acceptors (Lipinski definition) is 4. The lowest BCUT2D eigenvalue weighted by Crippen LogP contribution is -2.51. The van der Waals surface area contributed by atoms with Gasteiger partial charge in [-0.3, -0.25) is 9.69 Å². The molecule has 3 heterocycles. The van der Waals surface area contributed by atoms with E-state index >= 15 is 0 Å². The SMILES string of the molecule is Cc1cc(C)c2cc(C(=O)NC(C)CN3CCN(c4ccccn4)CC3)[nH]c2c1. The fraction of sp³-hybridized carbons (Fsp3) is 0.391. The van der Waals surface area contributed by atoms with Crippen molar-refractivity contribution < 1.29 is 4.79 Å². The van der Waals surface area contributed by atoms with E-state index in [1.807, 2.05) is 24.4 Å². The van der Waals surface area contributed by atoms with Crippen LogP contribution < -0.4 is 10.2 Å². The number of rotatable bonds is 5. The second-order valence-corrected chi connectivity index (χ2v) is 8.08. The zero-order valence-corrected chi connectivity index (χ0v) is 17.4. The van der Waals surface area contributed by atoms with Crippen molar-refractivity contribution in [2.24, 2.45) is 0 Å². The van der Waals surface area contributed by atoms with Gasteiger partial charge >= 0.3 is 0 Å². The van der Waals surface area contributed by atoms with Crippen molar-refractivity contribution in [1.82, 2.24) is 20.2 Å². The van der Waals surface area contributed by atoms with E-state index in [4.69, 9.17) is 0 Å². The van der Waals surface area contributed by atoms with Crippen LogP contribution in [0.15, 0.2) is 42.6 Å². The molecular formula is C23H29N5O. The van der Waals surface area contributed by atoms with Crippen LogP contribution >= 0.6 is 0 Å². The molecule has 2 aromatic heterocycles. The molecule has 4 rings (SSSR count). The van der Waals surface area contributed by atoms with Crippen molar-refractivity contribution in [1.29, 1.82) is 0 Å². The summed E-state index contributed by atoms with van der Waals surface area (Å²) in [4.78, 5) is 25.2. The predicted octanol–water partition coefficient (Wildman–Crippen LogP) is 3.12. The molecule has 1 unspecified atom stereocenters. The maximum Gasteiger partial charge on any atom is 0.267 e. The highest BCUT2D eigenvalue weighted by Crippen LogP contribution is 2.21. The lowest BCUT2D eigenvalue weighted by atomic mass is 10.1. The number of H-pyrrole nitrogens is 1. The maximum atomic E-state index is 12.7. The molecule has 0 aliphatic carbocycles. The number of benzene rings is 1. The zero-order chi connectivity index (χ0) is 20.4. The molecule has 3 aromatic rings. The van der Waals surface area contributed by atoms with Crippen LogP contribution in [0.3, 0.4) is 0 Å². The summed E-state index contributed by atoms with van der Waals surface area (Å²) in [5, 5.41) is 4.25. The van der Waals surface area contributed by atoms with Crippen LogP contribution in [0.25, 0.3) is 10.9 Å². The summed E-state index contributed by atoms with van der Waals surface area (Å²) < 4.78 is 0. The molecule has 1 saturated heterocycles. The number of aromatic amines is 1. The van der Waals surface area contributed by atoms with Crippen molar-refractivity contribution in [2.75, 3.05) is 37.6 Å². The predicted molar refractivity (Wildman–Crippen MR) is 118 cm³/mol. The number of piperazine rings is 1. The first-order valence-corrected chi connectivity index (χ1v) is 10.3. The van der Waals surface area contributed by atoms with Crippen molar-refractivity contribution >= 4 is 22.6 Å². The maximum absolute atomic E-state index is 12.7. The van der Waals surface area contributed by atoms with Gasteiger partial charge in [0.05, 0.1) is 0 Å². The van der Waals surface area contributed by atoms with Crippen molar-refractivity contribution in [3.8, 4) is 0 Å². The van der Waals surface area contributed by atoms with Gasteiger partial charge < -0.3 is 15.2 Å². The number of hydrogen-bond donors (Lipinski definition) is 2. The van der Waals surface area contributed by atoms with E-state index in [0.717, 1.165) is 49.4 Å². The Kier molecular flexibility index (Phi) is 5.53. The molecule has 29 heavy (non-hydrogen) atoms. The molecule has 152 valence electrons. The number of nitrogens with zero attached hydrogens (tertiary/aromatic N) is 3. The van der Waals surface area contributed by atoms with E-state index in [-0.39, 0.29) is 11.9 Å². The van der Waals surface area contributed by atoms with Gasteiger partial charge in [-0.25, -0.2) is 4.98 Å². The van der Waals surface area contributed by atoms with Gasteiger partial charge in [-0.1, -0.05) is 12.1 Å². The summed E-state index contributed by atoms with van der Waals surface area (Å²) in [5.41, 5.74) is 4.03. The molecule has 6 nitrogen and oxygen atoms in total. The van der Waals surface area contributed by atoms with Crippen LogP contribution in [0, 0.1) is 13.8 Å². The van der Waals surface area contributed by atoms with Gasteiger partial charge in [0.15, 0.2) is 0 Å². The Morgan fingerprint density at radius 2 is 1.97 bits per heavy atom. The highest BCUT2D eigenvalue weighted by atomic mass is 16.1. The molecule has 1 aromatic carbocycles. The van der Waals surface area contributed by atoms with E-state index in [9.17, 15) is 4.79 Å². The van der Waals surface area contributed by atoms with Crippen LogP contribution in [0.1, 0.15) is 28.5 Å². The largest absolute Gasteiger partial charge is 0.354 e. The monoisotopic (exact) mass is 391 g/mol. The fourth-order valence-electron chi connectivity index (χ4n) is 4.16. The third-order valence-electron chi connectivity index (χ3n) is 5.59. The quantitative estimate of drug-likeness (QED) is 0.701. The zero-order valence-electron chi connectivity index (χ0n) is 17.4. The molecule has 1 atom stereocenters. The third kappa shape index (κ3) is 4.43. The smallest absolute Gasteiger partial charge is 0.267 e. The van der Waals surface area contributed by atoms with Gasteiger partial charge in [-0.2, -0.15) is 0 Å². The molecule has 0 spiro atoms. The summed E-state index contributed by atoms with van der Waals surface area (Å²) in [5.74, 6) is 0.996. The lowest BCUT2D eigenvalue weighted by molar-refractivity contribution is 0.0924. The van der Waals surface area contributed by atoms with Crippen molar-refractivity contribution in [3.05, 3.63) is 59.4 Å². The first-order valence-electron chi connectivity index (χ1n) is 10.3. The summed E-state index contributed by atoms with van der Waals surface area (Å²) in [6.45, 7) is 10.9. The van der Waals surface area contributed by atoms with Crippen molar-refractivity contribution in [2.45, 2.75) is 26.8 Å². The van der Waals surface area contributed by atoms with Crippen LogP contribution in [-0.2, 0) is 0 Å². The molecule has 0 saturated carbocycles. The van der Waals surface area contributed by atoms with Gasteiger partial charge in [0.25, 0.3) is 5.91 Å². The van der Waals surface area contributed by atoms with E-state index in [1.54, 1.807) is 0 Å². The molecule has 2 N–H and O–H groups in total. The van der Waals surface area contributed by atoms with Gasteiger partial charge in [-0.15, -0.1) is 0 Å². The van der Waals surface area contributed by atoms with Gasteiger partial charge in [0.2, 0.25) is 0 Å². The Morgan fingerprint density at radius 3 is 2.69 bits per heavy atom. The van der Waals surface area contributed by atoms with E-state index in [2.05, 4.69) is 64.1 Å². The second-order valence-electron chi connectivity index (χ2n) is 8.08. The summed E-state index contributed by atoms with van der Waals surface area (Å²) in [6.07, 6.45) is 1.84. The number of nitrogens with one attached hydrogen (secondary N) is 2. The lowest BCUT2D eigenvalue weighted by Gasteiger charge is -2.36. The Labute approximate surface area is 171 Å². The molecule has 0 radical (unpaired) electrons. The number of carbonyl (C=O) groups excluding carboxylic acids is 1.